The van der Waals surface area contributed by atoms with Crippen LogP contribution in [0.3, 0.4) is 0 Å². The number of carbonyl (C=O) groups excluding carboxylic acids is 2. The average molecular weight is 419 g/mol. The second-order valence-corrected chi connectivity index (χ2v) is 8.78. The van der Waals surface area contributed by atoms with Crippen LogP contribution in [0.2, 0.25) is 0 Å². The van der Waals surface area contributed by atoms with Gasteiger partial charge in [-0.2, -0.15) is 4.31 Å². The Kier molecular flexibility index (Phi) is 7.35. The van der Waals surface area contributed by atoms with Gasteiger partial charge in [-0.3, -0.25) is 4.79 Å². The summed E-state index contributed by atoms with van der Waals surface area (Å²) >= 11 is 0. The monoisotopic (exact) mass is 418 g/mol. The summed E-state index contributed by atoms with van der Waals surface area (Å²) in [6, 6.07) is 13.6. The third-order valence-electron chi connectivity index (χ3n) is 4.21. The fraction of sp³-hybridized carbons (Fsp3) is 0.300. The van der Waals surface area contributed by atoms with Crippen molar-refractivity contribution in [3.8, 4) is 11.1 Å². The molecule has 2 aromatic rings. The van der Waals surface area contributed by atoms with Gasteiger partial charge in [-0.25, -0.2) is 13.2 Å². The second kappa shape index (κ2) is 9.53. The molecule has 0 atom stereocenters. The molecule has 0 aliphatic carbocycles. The third kappa shape index (κ3) is 6.03. The van der Waals surface area contributed by atoms with Gasteiger partial charge in [0.2, 0.25) is 15.9 Å². The summed E-state index contributed by atoms with van der Waals surface area (Å²) in [5.74, 6) is -0.141. The van der Waals surface area contributed by atoms with Crippen molar-refractivity contribution in [1.29, 1.82) is 0 Å². The van der Waals surface area contributed by atoms with Gasteiger partial charge >= 0.3 is 6.03 Å². The number of nitrogens with zero attached hydrogens (tertiary/aromatic N) is 2. The van der Waals surface area contributed by atoms with Crippen molar-refractivity contribution in [3.05, 3.63) is 48.5 Å². The maximum Gasteiger partial charge on any atom is 0.316 e. The van der Waals surface area contributed by atoms with E-state index in [1.807, 2.05) is 12.1 Å². The molecule has 0 unspecified atom stereocenters. The molecule has 0 heterocycles. The molecule has 0 spiro atoms. The maximum atomic E-state index is 12.7. The Labute approximate surface area is 171 Å². The molecular formula is C20H26N4O4S. The number of rotatable bonds is 7. The van der Waals surface area contributed by atoms with Gasteiger partial charge in [0, 0.05) is 46.8 Å². The minimum atomic E-state index is -3.66. The van der Waals surface area contributed by atoms with E-state index in [1.165, 1.54) is 23.2 Å². The quantitative estimate of drug-likeness (QED) is 0.720. The van der Waals surface area contributed by atoms with Crippen molar-refractivity contribution in [1.82, 2.24) is 14.5 Å². The Morgan fingerprint density at radius 3 is 1.90 bits per heavy atom. The molecule has 9 heteroatoms. The van der Waals surface area contributed by atoms with Crippen LogP contribution in [0.4, 0.5) is 10.5 Å². The van der Waals surface area contributed by atoms with Crippen molar-refractivity contribution < 1.29 is 18.0 Å². The third-order valence-corrected chi connectivity index (χ3v) is 6.08. The standard InChI is InChI=1S/C20H26N4O4S/c1-15(25)22-18-9-5-16(6-10-18)17-7-11-19(12-8-17)29(27,28)24(4)14-13-21-20(26)23(2)3/h5-12H,13-14H2,1-4H3,(H,21,26)(H,22,25). The molecule has 0 saturated heterocycles. The predicted octanol–water partition coefficient (Wildman–Crippen LogP) is 2.20. The van der Waals surface area contributed by atoms with Crippen LogP contribution < -0.4 is 10.6 Å². The van der Waals surface area contributed by atoms with Crippen molar-refractivity contribution in [2.24, 2.45) is 0 Å². The zero-order valence-corrected chi connectivity index (χ0v) is 17.8. The molecule has 0 aliphatic rings. The van der Waals surface area contributed by atoms with Crippen LogP contribution in [-0.2, 0) is 14.8 Å². The number of amides is 3. The first-order chi connectivity index (χ1) is 13.6. The Morgan fingerprint density at radius 1 is 0.897 bits per heavy atom. The predicted molar refractivity (Wildman–Crippen MR) is 113 cm³/mol. The van der Waals surface area contributed by atoms with E-state index in [0.717, 1.165) is 11.1 Å². The van der Waals surface area contributed by atoms with E-state index in [1.54, 1.807) is 50.5 Å². The lowest BCUT2D eigenvalue weighted by molar-refractivity contribution is -0.114. The van der Waals surface area contributed by atoms with E-state index >= 15 is 0 Å². The Hall–Kier alpha value is -2.91. The molecule has 2 N–H and O–H groups in total. The number of nitrogens with one attached hydrogen (secondary N) is 2. The number of carbonyl (C=O) groups is 2. The number of urea groups is 1. The molecule has 0 radical (unpaired) electrons. The largest absolute Gasteiger partial charge is 0.337 e. The highest BCUT2D eigenvalue weighted by Crippen LogP contribution is 2.24. The fourth-order valence-corrected chi connectivity index (χ4v) is 3.72. The van der Waals surface area contributed by atoms with Crippen LogP contribution >= 0.6 is 0 Å². The van der Waals surface area contributed by atoms with Gasteiger partial charge in [0.15, 0.2) is 0 Å². The minimum Gasteiger partial charge on any atom is -0.337 e. The summed E-state index contributed by atoms with van der Waals surface area (Å²) < 4.78 is 26.6. The molecule has 0 saturated carbocycles. The van der Waals surface area contributed by atoms with E-state index < -0.39 is 10.0 Å². The number of likely N-dealkylation sites (N-methyl/N-ethyl adjacent to an activating group) is 1. The number of anilines is 1. The van der Waals surface area contributed by atoms with Crippen LogP contribution in [0, 0.1) is 0 Å². The van der Waals surface area contributed by atoms with Crippen molar-refractivity contribution in [2.45, 2.75) is 11.8 Å². The van der Waals surface area contributed by atoms with Crippen LogP contribution in [-0.4, -0.2) is 63.8 Å². The highest BCUT2D eigenvalue weighted by atomic mass is 32.2. The number of hydrogen-bond donors (Lipinski definition) is 2. The van der Waals surface area contributed by atoms with Crippen LogP contribution in [0.1, 0.15) is 6.92 Å². The van der Waals surface area contributed by atoms with E-state index in [0.29, 0.717) is 5.69 Å². The first kappa shape index (κ1) is 22.4. The van der Waals surface area contributed by atoms with Gasteiger partial charge in [-0.05, 0) is 35.4 Å². The Balaban J connectivity index is 2.06. The molecule has 2 rings (SSSR count). The molecule has 3 amide bonds. The lowest BCUT2D eigenvalue weighted by Crippen LogP contribution is -2.40. The normalized spacial score (nSPS) is 11.2. The summed E-state index contributed by atoms with van der Waals surface area (Å²) in [7, 11) is 1.05. The van der Waals surface area contributed by atoms with E-state index in [-0.39, 0.29) is 29.9 Å². The van der Waals surface area contributed by atoms with Crippen LogP contribution in [0.15, 0.2) is 53.4 Å². The summed E-state index contributed by atoms with van der Waals surface area (Å²) in [6.07, 6.45) is 0. The van der Waals surface area contributed by atoms with E-state index in [4.69, 9.17) is 0 Å². The average Bonchev–Trinajstić information content (AvgIpc) is 2.68. The highest BCUT2D eigenvalue weighted by Gasteiger charge is 2.20. The molecule has 156 valence electrons. The Morgan fingerprint density at radius 2 is 1.41 bits per heavy atom. The summed E-state index contributed by atoms with van der Waals surface area (Å²) in [6.45, 7) is 1.82. The van der Waals surface area contributed by atoms with Crippen LogP contribution in [0.25, 0.3) is 11.1 Å². The van der Waals surface area contributed by atoms with Gasteiger partial charge in [0.25, 0.3) is 0 Å². The molecule has 29 heavy (non-hydrogen) atoms. The first-order valence-electron chi connectivity index (χ1n) is 9.01. The molecular weight excluding hydrogens is 392 g/mol. The second-order valence-electron chi connectivity index (χ2n) is 6.74. The molecule has 2 aromatic carbocycles. The molecule has 8 nitrogen and oxygen atoms in total. The Bertz CT molecular complexity index is 955. The van der Waals surface area contributed by atoms with Gasteiger partial charge in [0.1, 0.15) is 0 Å². The van der Waals surface area contributed by atoms with Gasteiger partial charge in [0.05, 0.1) is 4.90 Å². The lowest BCUT2D eigenvalue weighted by atomic mass is 10.1. The lowest BCUT2D eigenvalue weighted by Gasteiger charge is -2.19. The molecule has 0 aliphatic heterocycles. The maximum absolute atomic E-state index is 12.7. The smallest absolute Gasteiger partial charge is 0.316 e. The van der Waals surface area contributed by atoms with Gasteiger partial charge < -0.3 is 15.5 Å². The first-order valence-corrected chi connectivity index (χ1v) is 10.4. The zero-order valence-electron chi connectivity index (χ0n) is 17.0. The minimum absolute atomic E-state index is 0.141. The van der Waals surface area contributed by atoms with Gasteiger partial charge in [-0.1, -0.05) is 24.3 Å². The zero-order chi connectivity index (χ0) is 21.6. The summed E-state index contributed by atoms with van der Waals surface area (Å²) in [5.41, 5.74) is 2.46. The van der Waals surface area contributed by atoms with Gasteiger partial charge in [-0.15, -0.1) is 0 Å². The molecule has 0 bridgehead atoms. The number of hydrogen-bond acceptors (Lipinski definition) is 4. The molecule has 0 fully saturated rings. The highest BCUT2D eigenvalue weighted by molar-refractivity contribution is 7.89. The van der Waals surface area contributed by atoms with Crippen LogP contribution in [0.5, 0.6) is 0 Å². The van der Waals surface area contributed by atoms with Crippen molar-refractivity contribution in [2.75, 3.05) is 39.5 Å². The van der Waals surface area contributed by atoms with E-state index in [9.17, 15) is 18.0 Å². The van der Waals surface area contributed by atoms with Crippen molar-refractivity contribution >= 4 is 27.6 Å². The van der Waals surface area contributed by atoms with E-state index in [2.05, 4.69) is 10.6 Å². The van der Waals surface area contributed by atoms with Crippen molar-refractivity contribution in [3.63, 3.8) is 0 Å². The molecule has 0 aromatic heterocycles. The fourth-order valence-electron chi connectivity index (χ4n) is 2.55. The number of sulfonamides is 1. The summed E-state index contributed by atoms with van der Waals surface area (Å²) in [5, 5.41) is 5.34. The summed E-state index contributed by atoms with van der Waals surface area (Å²) in [4.78, 5) is 24.2. The number of benzene rings is 2. The topological polar surface area (TPSA) is 98.8 Å². The SMILES string of the molecule is CC(=O)Nc1ccc(-c2ccc(S(=O)(=O)N(C)CCNC(=O)N(C)C)cc2)cc1.